The lowest BCUT2D eigenvalue weighted by atomic mass is 9.78. The molecule has 2 heterocycles. The van der Waals surface area contributed by atoms with Gasteiger partial charge < -0.3 is 9.47 Å². The molecule has 0 aliphatic carbocycles. The summed E-state index contributed by atoms with van der Waals surface area (Å²) in [7, 11) is 2.68. The quantitative estimate of drug-likeness (QED) is 0.141. The Morgan fingerprint density at radius 1 is 0.370 bits per heavy atom. The van der Waals surface area contributed by atoms with Gasteiger partial charge in [-0.25, -0.2) is 29.6 Å². The largest absolute Gasteiger partial charge is 0.465 e. The van der Waals surface area contributed by atoms with Gasteiger partial charge in [-0.3, -0.25) is 0 Å². The Balaban J connectivity index is 1.60. The first kappa shape index (κ1) is 34.0. The van der Waals surface area contributed by atoms with Crippen LogP contribution in [0.4, 0.5) is 0 Å². The van der Waals surface area contributed by atoms with Crippen molar-refractivity contribution in [3.8, 4) is 0 Å². The zero-order chi connectivity index (χ0) is 37.1. The van der Waals surface area contributed by atoms with Crippen LogP contribution >= 0.6 is 0 Å². The molecule has 54 heavy (non-hydrogen) atoms. The summed E-state index contributed by atoms with van der Waals surface area (Å²) >= 11 is 0. The van der Waals surface area contributed by atoms with Crippen molar-refractivity contribution in [2.45, 2.75) is 11.3 Å². The van der Waals surface area contributed by atoms with Crippen molar-refractivity contribution in [1.82, 2.24) is 0 Å². The number of aliphatic imine (C=N–C) groups is 4. The molecule has 0 saturated heterocycles. The normalized spacial score (nSPS) is 15.4. The number of carbonyl (C=O) groups excluding carboxylic acids is 2. The molecule has 0 fully saturated rings. The van der Waals surface area contributed by atoms with E-state index in [1.807, 2.05) is 146 Å². The van der Waals surface area contributed by atoms with Crippen molar-refractivity contribution < 1.29 is 19.1 Å². The van der Waals surface area contributed by atoms with Gasteiger partial charge in [0.1, 0.15) is 0 Å². The van der Waals surface area contributed by atoms with Gasteiger partial charge in [0.2, 0.25) is 11.3 Å². The Morgan fingerprint density at radius 3 is 0.870 bits per heavy atom. The van der Waals surface area contributed by atoms with Gasteiger partial charge in [-0.2, -0.15) is 0 Å². The fraction of sp³-hybridized carbons (Fsp3) is 0.0870. The van der Waals surface area contributed by atoms with Crippen LogP contribution in [0, 0.1) is 0 Å². The van der Waals surface area contributed by atoms with E-state index in [0.717, 1.165) is 22.3 Å². The number of methoxy groups -OCH3 is 2. The molecule has 0 unspecified atom stereocenters. The third kappa shape index (κ3) is 5.65. The van der Waals surface area contributed by atoms with Crippen molar-refractivity contribution in [3.05, 3.63) is 214 Å². The molecule has 0 radical (unpaired) electrons. The maximum atomic E-state index is 13.8. The molecular weight excluding hydrogens is 673 g/mol. The van der Waals surface area contributed by atoms with Crippen LogP contribution in [0.1, 0.15) is 54.1 Å². The van der Waals surface area contributed by atoms with Crippen molar-refractivity contribution in [2.24, 2.45) is 20.0 Å². The van der Waals surface area contributed by atoms with Crippen molar-refractivity contribution in [1.29, 1.82) is 0 Å². The van der Waals surface area contributed by atoms with E-state index >= 15 is 0 Å². The summed E-state index contributed by atoms with van der Waals surface area (Å²) in [6.45, 7) is 0. The lowest BCUT2D eigenvalue weighted by Gasteiger charge is -2.39. The summed E-state index contributed by atoms with van der Waals surface area (Å²) < 4.78 is 10.8. The van der Waals surface area contributed by atoms with Crippen LogP contribution in [0.5, 0.6) is 0 Å². The molecule has 0 bridgehead atoms. The number of ether oxygens (including phenoxy) is 2. The molecule has 0 spiro atoms. The first-order valence-electron chi connectivity index (χ1n) is 17.5. The maximum Gasteiger partial charge on any atom is 0.338 e. The van der Waals surface area contributed by atoms with E-state index in [0.29, 0.717) is 34.0 Å². The lowest BCUT2D eigenvalue weighted by molar-refractivity contribution is 0.0582. The topological polar surface area (TPSA) is 102 Å². The molecule has 2 aliphatic rings. The standard InChI is InChI=1S/C46H34N4O4/c1-53-43(51)35-27-15-17-29-37(35)45(47-39(31-19-7-3-8-20-31)40(48-45)32-21-9-4-10-22-32)46(38-30-18-16-28-36(38)44(52)54-2)49-41(33-23-11-5-12-24-33)42(50-46)34-25-13-6-14-26-34/h3-30H,1-2H3. The molecule has 6 aromatic carbocycles. The van der Waals surface area contributed by atoms with E-state index in [1.165, 1.54) is 14.2 Å². The number of rotatable bonds is 9. The van der Waals surface area contributed by atoms with Gasteiger partial charge in [0, 0.05) is 33.4 Å². The molecule has 0 saturated carbocycles. The summed E-state index contributed by atoms with van der Waals surface area (Å²) in [5.41, 5.74) is 3.04. The molecule has 0 atom stereocenters. The maximum absolute atomic E-state index is 13.8. The first-order valence-corrected chi connectivity index (χ1v) is 17.5. The minimum absolute atomic E-state index is 0.226. The summed E-state index contributed by atoms with van der Waals surface area (Å²) in [5, 5.41) is 0. The second-order valence-corrected chi connectivity index (χ2v) is 12.7. The van der Waals surface area contributed by atoms with E-state index in [-0.39, 0.29) is 11.1 Å². The van der Waals surface area contributed by atoms with E-state index in [1.54, 1.807) is 24.3 Å². The summed E-state index contributed by atoms with van der Waals surface area (Å²) in [6.07, 6.45) is 0. The number of esters is 2. The van der Waals surface area contributed by atoms with Crippen LogP contribution in [-0.2, 0) is 20.8 Å². The average molecular weight is 707 g/mol. The fourth-order valence-corrected chi connectivity index (χ4v) is 7.18. The SMILES string of the molecule is COC(=O)c1ccccc1C1(C2(c3ccccc3C(=O)OC)N=C(c3ccccc3)C(c3ccccc3)=N2)N=C(c2ccccc2)C(c2ccccc2)=N1. The molecule has 6 aromatic rings. The number of hydrogen-bond donors (Lipinski definition) is 0. The average Bonchev–Trinajstić information content (AvgIpc) is 3.87. The summed E-state index contributed by atoms with van der Waals surface area (Å²) in [6, 6.07) is 53.3. The lowest BCUT2D eigenvalue weighted by Crippen LogP contribution is -2.45. The second kappa shape index (κ2) is 14.2. The highest BCUT2D eigenvalue weighted by atomic mass is 16.5. The van der Waals surface area contributed by atoms with Crippen LogP contribution < -0.4 is 0 Å². The molecule has 0 N–H and O–H groups in total. The molecule has 0 amide bonds. The van der Waals surface area contributed by atoms with Gasteiger partial charge in [-0.15, -0.1) is 0 Å². The third-order valence-corrected chi connectivity index (χ3v) is 9.63. The van der Waals surface area contributed by atoms with Crippen LogP contribution in [0.25, 0.3) is 0 Å². The van der Waals surface area contributed by atoms with Gasteiger partial charge in [0.15, 0.2) is 0 Å². The van der Waals surface area contributed by atoms with Crippen LogP contribution in [0.15, 0.2) is 190 Å². The molecule has 8 heteroatoms. The molecule has 262 valence electrons. The number of carbonyl (C=O) groups is 2. The van der Waals surface area contributed by atoms with Crippen LogP contribution in [0.2, 0.25) is 0 Å². The number of hydrogen-bond acceptors (Lipinski definition) is 8. The highest BCUT2D eigenvalue weighted by Gasteiger charge is 2.62. The monoisotopic (exact) mass is 706 g/mol. The highest BCUT2D eigenvalue weighted by molar-refractivity contribution is 6.56. The van der Waals surface area contributed by atoms with Crippen molar-refractivity contribution >= 4 is 34.8 Å². The van der Waals surface area contributed by atoms with Gasteiger partial charge in [0.25, 0.3) is 0 Å². The van der Waals surface area contributed by atoms with E-state index < -0.39 is 23.3 Å². The highest BCUT2D eigenvalue weighted by Crippen LogP contribution is 2.56. The van der Waals surface area contributed by atoms with E-state index in [4.69, 9.17) is 29.4 Å². The summed E-state index contributed by atoms with van der Waals surface area (Å²) in [5.74, 6) is -1.17. The van der Waals surface area contributed by atoms with Crippen molar-refractivity contribution in [3.63, 3.8) is 0 Å². The number of nitrogens with zero attached hydrogens (tertiary/aromatic N) is 4. The second-order valence-electron chi connectivity index (χ2n) is 12.7. The zero-order valence-corrected chi connectivity index (χ0v) is 29.6. The van der Waals surface area contributed by atoms with Crippen LogP contribution in [0.3, 0.4) is 0 Å². The number of benzene rings is 6. The molecule has 8 nitrogen and oxygen atoms in total. The third-order valence-electron chi connectivity index (χ3n) is 9.63. The predicted molar refractivity (Wildman–Crippen MR) is 211 cm³/mol. The Hall–Kier alpha value is -7.06. The van der Waals surface area contributed by atoms with Crippen molar-refractivity contribution in [2.75, 3.05) is 14.2 Å². The first-order chi connectivity index (χ1) is 26.5. The molecular formula is C46H34N4O4. The Labute approximate surface area is 312 Å². The predicted octanol–water partition coefficient (Wildman–Crippen LogP) is 8.25. The molecule has 2 aliphatic heterocycles. The van der Waals surface area contributed by atoms with Gasteiger partial charge in [0.05, 0.1) is 48.2 Å². The van der Waals surface area contributed by atoms with Crippen LogP contribution in [-0.4, -0.2) is 49.0 Å². The van der Waals surface area contributed by atoms with E-state index in [9.17, 15) is 9.59 Å². The zero-order valence-electron chi connectivity index (χ0n) is 29.6. The summed E-state index contributed by atoms with van der Waals surface area (Å²) in [4.78, 5) is 50.2. The van der Waals surface area contributed by atoms with E-state index in [2.05, 4.69) is 0 Å². The van der Waals surface area contributed by atoms with Gasteiger partial charge in [-0.05, 0) is 12.1 Å². The minimum Gasteiger partial charge on any atom is -0.465 e. The molecule has 8 rings (SSSR count). The van der Waals surface area contributed by atoms with Gasteiger partial charge in [-0.1, -0.05) is 158 Å². The Kier molecular flexibility index (Phi) is 8.93. The smallest absolute Gasteiger partial charge is 0.338 e. The molecule has 0 aromatic heterocycles. The Morgan fingerprint density at radius 2 is 0.611 bits per heavy atom. The van der Waals surface area contributed by atoms with Gasteiger partial charge >= 0.3 is 11.9 Å². The minimum atomic E-state index is -1.82. The fourth-order valence-electron chi connectivity index (χ4n) is 7.18. The Bertz CT molecular complexity index is 2210.